The van der Waals surface area contributed by atoms with Crippen LogP contribution in [0.4, 0.5) is 11.4 Å². The van der Waals surface area contributed by atoms with Gasteiger partial charge in [0.1, 0.15) is 5.75 Å². The molecule has 4 rings (SSSR count). The van der Waals surface area contributed by atoms with E-state index in [1.807, 2.05) is 68.4 Å². The van der Waals surface area contributed by atoms with E-state index in [9.17, 15) is 9.59 Å². The number of methoxy groups -OCH3 is 3. The van der Waals surface area contributed by atoms with Crippen molar-refractivity contribution in [3.63, 3.8) is 0 Å². The summed E-state index contributed by atoms with van der Waals surface area (Å²) in [7, 11) is 4.73. The maximum absolute atomic E-state index is 13.8. The Hall–Kier alpha value is -4.00. The third kappa shape index (κ3) is 4.87. The number of nitrogens with one attached hydrogen (secondary N) is 1. The van der Waals surface area contributed by atoms with Crippen molar-refractivity contribution in [2.45, 2.75) is 32.7 Å². The smallest absolute Gasteiger partial charge is 0.229 e. The molecule has 188 valence electrons. The van der Waals surface area contributed by atoms with Gasteiger partial charge in [0.25, 0.3) is 0 Å². The largest absolute Gasteiger partial charge is 0.496 e. The van der Waals surface area contributed by atoms with Crippen molar-refractivity contribution in [1.29, 1.82) is 0 Å². The van der Waals surface area contributed by atoms with Crippen molar-refractivity contribution in [1.82, 2.24) is 0 Å². The second-order valence-corrected chi connectivity index (χ2v) is 8.94. The summed E-state index contributed by atoms with van der Waals surface area (Å²) in [4.78, 5) is 28.9. The molecule has 0 radical (unpaired) electrons. The molecule has 1 saturated heterocycles. The number of hydrogen-bond donors (Lipinski definition) is 1. The van der Waals surface area contributed by atoms with Gasteiger partial charge < -0.3 is 24.4 Å². The summed E-state index contributed by atoms with van der Waals surface area (Å²) in [5.41, 5.74) is 4.11. The highest BCUT2D eigenvalue weighted by atomic mass is 16.5. The van der Waals surface area contributed by atoms with Gasteiger partial charge in [0, 0.05) is 29.4 Å². The van der Waals surface area contributed by atoms with Crippen molar-refractivity contribution >= 4 is 23.2 Å². The topological polar surface area (TPSA) is 77.1 Å². The average molecular weight is 489 g/mol. The fourth-order valence-corrected chi connectivity index (χ4v) is 4.78. The van der Waals surface area contributed by atoms with E-state index in [4.69, 9.17) is 14.2 Å². The number of piperidine rings is 1. The summed E-state index contributed by atoms with van der Waals surface area (Å²) in [6, 6.07) is 18.4. The van der Waals surface area contributed by atoms with Gasteiger partial charge in [-0.2, -0.15) is 0 Å². The summed E-state index contributed by atoms with van der Waals surface area (Å²) >= 11 is 0. The molecule has 3 aromatic carbocycles. The molecule has 3 aromatic rings. The van der Waals surface area contributed by atoms with Crippen LogP contribution in [-0.4, -0.2) is 33.1 Å². The number of hydrogen-bond acceptors (Lipinski definition) is 5. The first-order valence-electron chi connectivity index (χ1n) is 11.9. The first kappa shape index (κ1) is 25.1. The fourth-order valence-electron chi connectivity index (χ4n) is 4.78. The fraction of sp³-hybridized carbons (Fsp3) is 0.310. The minimum atomic E-state index is -0.537. The van der Waals surface area contributed by atoms with Crippen molar-refractivity contribution < 1.29 is 23.8 Å². The Morgan fingerprint density at radius 2 is 1.53 bits per heavy atom. The highest BCUT2D eigenvalue weighted by molar-refractivity contribution is 6.00. The Kier molecular flexibility index (Phi) is 7.48. The molecule has 1 aliphatic heterocycles. The summed E-state index contributed by atoms with van der Waals surface area (Å²) < 4.78 is 16.5. The molecular formula is C29H32N2O5. The van der Waals surface area contributed by atoms with E-state index in [1.165, 1.54) is 0 Å². The van der Waals surface area contributed by atoms with Gasteiger partial charge in [-0.25, -0.2) is 0 Å². The molecule has 0 spiro atoms. The van der Waals surface area contributed by atoms with Crippen molar-refractivity contribution in [2.24, 2.45) is 5.92 Å². The summed E-state index contributed by atoms with van der Waals surface area (Å²) in [6.07, 6.45) is 0.685. The lowest BCUT2D eigenvalue weighted by Gasteiger charge is -2.41. The highest BCUT2D eigenvalue weighted by Crippen LogP contribution is 2.44. The monoisotopic (exact) mass is 488 g/mol. The van der Waals surface area contributed by atoms with Gasteiger partial charge in [0.15, 0.2) is 11.5 Å². The van der Waals surface area contributed by atoms with E-state index in [-0.39, 0.29) is 18.2 Å². The summed E-state index contributed by atoms with van der Waals surface area (Å²) in [5, 5.41) is 3.09. The quantitative estimate of drug-likeness (QED) is 0.478. The van der Waals surface area contributed by atoms with Gasteiger partial charge in [-0.1, -0.05) is 35.9 Å². The minimum Gasteiger partial charge on any atom is -0.496 e. The molecule has 7 nitrogen and oxygen atoms in total. The second-order valence-electron chi connectivity index (χ2n) is 8.94. The summed E-state index contributed by atoms with van der Waals surface area (Å²) in [6.45, 7) is 3.90. The number of nitrogens with zero attached hydrogens (tertiary/aromatic N) is 1. The van der Waals surface area contributed by atoms with Crippen LogP contribution in [0.3, 0.4) is 0 Å². The Morgan fingerprint density at radius 3 is 2.19 bits per heavy atom. The zero-order valence-electron chi connectivity index (χ0n) is 21.3. The molecule has 1 fully saturated rings. The lowest BCUT2D eigenvalue weighted by Crippen LogP contribution is -2.47. The van der Waals surface area contributed by atoms with Crippen molar-refractivity contribution in [2.75, 3.05) is 31.5 Å². The van der Waals surface area contributed by atoms with E-state index in [1.54, 1.807) is 32.3 Å². The molecule has 0 bridgehead atoms. The van der Waals surface area contributed by atoms with Crippen molar-refractivity contribution in [3.8, 4) is 17.2 Å². The van der Waals surface area contributed by atoms with E-state index >= 15 is 0 Å². The van der Waals surface area contributed by atoms with Crippen LogP contribution in [-0.2, 0) is 9.59 Å². The predicted octanol–water partition coefficient (Wildman–Crippen LogP) is 5.45. The van der Waals surface area contributed by atoms with Gasteiger partial charge in [-0.05, 0) is 50.1 Å². The molecule has 1 aliphatic rings. The number of para-hydroxylation sites is 1. The van der Waals surface area contributed by atoms with E-state index in [2.05, 4.69) is 5.32 Å². The molecule has 0 saturated carbocycles. The van der Waals surface area contributed by atoms with Crippen molar-refractivity contribution in [3.05, 3.63) is 77.4 Å². The van der Waals surface area contributed by atoms with Crippen LogP contribution in [0.25, 0.3) is 0 Å². The molecule has 0 aliphatic carbocycles. The zero-order chi connectivity index (χ0) is 25.8. The molecule has 1 heterocycles. The van der Waals surface area contributed by atoms with Gasteiger partial charge in [0.05, 0.1) is 33.3 Å². The number of ether oxygens (including phenoxy) is 3. The van der Waals surface area contributed by atoms with Gasteiger partial charge in [0.2, 0.25) is 11.8 Å². The van der Waals surface area contributed by atoms with Gasteiger partial charge in [-0.3, -0.25) is 9.59 Å². The third-order valence-electron chi connectivity index (χ3n) is 6.69. The Balaban J connectivity index is 1.77. The number of aryl methyl sites for hydroxylation is 2. The maximum Gasteiger partial charge on any atom is 0.229 e. The van der Waals surface area contributed by atoms with E-state index in [0.717, 1.165) is 22.4 Å². The number of benzene rings is 3. The number of carbonyl (C=O) groups excluding carboxylic acids is 2. The first-order valence-corrected chi connectivity index (χ1v) is 11.9. The minimum absolute atomic E-state index is 0.0268. The van der Waals surface area contributed by atoms with Crippen LogP contribution in [0.5, 0.6) is 17.2 Å². The van der Waals surface area contributed by atoms with Crippen LogP contribution in [0.2, 0.25) is 0 Å². The molecule has 0 unspecified atom stereocenters. The van der Waals surface area contributed by atoms with Gasteiger partial charge >= 0.3 is 0 Å². The molecule has 0 aromatic heterocycles. The van der Waals surface area contributed by atoms with Crippen LogP contribution >= 0.6 is 0 Å². The molecule has 1 N–H and O–H groups in total. The third-order valence-corrected chi connectivity index (χ3v) is 6.69. The first-order chi connectivity index (χ1) is 17.4. The second kappa shape index (κ2) is 10.7. The Bertz CT molecular complexity index is 1260. The molecule has 7 heteroatoms. The van der Waals surface area contributed by atoms with Crippen LogP contribution in [0.15, 0.2) is 60.7 Å². The SMILES string of the molecule is COc1cc(C)c(NC(=O)[C@H]2CCC(=O)N(c3ccc(C)cc3)[C@H]2c2ccccc2OC)cc1OC. The Morgan fingerprint density at radius 1 is 0.889 bits per heavy atom. The van der Waals surface area contributed by atoms with Gasteiger partial charge in [-0.15, -0.1) is 0 Å². The average Bonchev–Trinajstić information content (AvgIpc) is 2.89. The highest BCUT2D eigenvalue weighted by Gasteiger charge is 2.42. The zero-order valence-corrected chi connectivity index (χ0v) is 21.3. The van der Waals surface area contributed by atoms with Crippen LogP contribution in [0, 0.1) is 19.8 Å². The van der Waals surface area contributed by atoms with E-state index < -0.39 is 12.0 Å². The number of rotatable bonds is 7. The molecule has 2 amide bonds. The summed E-state index contributed by atoms with van der Waals surface area (Å²) in [5.74, 6) is 1.04. The lowest BCUT2D eigenvalue weighted by molar-refractivity contribution is -0.126. The standard InChI is InChI=1S/C29H32N2O5/c1-18-10-12-20(13-11-18)31-27(32)15-14-22(28(31)21-8-6-7-9-24(21)34-3)29(33)30-23-17-26(36-5)25(35-4)16-19(23)2/h6-13,16-17,22,28H,14-15H2,1-5H3,(H,30,33)/t22-,28-/m0/s1. The normalized spacial score (nSPS) is 17.5. The predicted molar refractivity (Wildman–Crippen MR) is 140 cm³/mol. The van der Waals surface area contributed by atoms with Crippen LogP contribution in [0.1, 0.15) is 35.6 Å². The molecule has 2 atom stereocenters. The number of amides is 2. The Labute approximate surface area is 212 Å². The maximum atomic E-state index is 13.8. The number of carbonyl (C=O) groups is 2. The van der Waals surface area contributed by atoms with Crippen LogP contribution < -0.4 is 24.4 Å². The molecular weight excluding hydrogens is 456 g/mol. The van der Waals surface area contributed by atoms with E-state index in [0.29, 0.717) is 29.4 Å². The number of anilines is 2. The lowest BCUT2D eigenvalue weighted by atomic mass is 9.82. The molecule has 36 heavy (non-hydrogen) atoms.